The van der Waals surface area contributed by atoms with Crippen LogP contribution in [0, 0.1) is 5.41 Å². The van der Waals surface area contributed by atoms with Gasteiger partial charge >= 0.3 is 0 Å². The molecule has 0 N–H and O–H groups in total. The molecule has 0 radical (unpaired) electrons. The number of amides is 2. The Balaban J connectivity index is 2.09. The highest BCUT2D eigenvalue weighted by atomic mass is 16.6. The van der Waals surface area contributed by atoms with Crippen LogP contribution in [0.3, 0.4) is 0 Å². The van der Waals surface area contributed by atoms with Crippen LogP contribution in [0.1, 0.15) is 20.3 Å². The summed E-state index contributed by atoms with van der Waals surface area (Å²) < 4.78 is 4.99. The molecule has 0 spiro atoms. The van der Waals surface area contributed by atoms with E-state index in [0.29, 0.717) is 19.6 Å². The summed E-state index contributed by atoms with van der Waals surface area (Å²) in [6.07, 6.45) is 0.431. The van der Waals surface area contributed by atoms with E-state index in [-0.39, 0.29) is 17.9 Å². The second kappa shape index (κ2) is 2.54. The third-order valence-electron chi connectivity index (χ3n) is 2.51. The average Bonchev–Trinajstić information content (AvgIpc) is 2.77. The monoisotopic (exact) mass is 183 g/mol. The predicted octanol–water partition coefficient (Wildman–Crippen LogP) is 0.170. The minimum absolute atomic E-state index is 0.0620. The second-order valence-electron chi connectivity index (χ2n) is 4.33. The van der Waals surface area contributed by atoms with Crippen LogP contribution in [0.15, 0.2) is 0 Å². The number of likely N-dealkylation sites (tertiary alicyclic amines) is 1. The molecule has 2 saturated heterocycles. The van der Waals surface area contributed by atoms with Gasteiger partial charge in [0, 0.05) is 6.42 Å². The van der Waals surface area contributed by atoms with Gasteiger partial charge in [-0.1, -0.05) is 13.8 Å². The first kappa shape index (κ1) is 8.69. The fourth-order valence-corrected chi connectivity index (χ4v) is 1.59. The Bertz CT molecular complexity index is 268. The molecular formula is C9H13NO3. The fraction of sp³-hybridized carbons (Fsp3) is 0.778. The normalized spacial score (nSPS) is 31.2. The van der Waals surface area contributed by atoms with Gasteiger partial charge < -0.3 is 4.74 Å². The van der Waals surface area contributed by atoms with E-state index in [1.807, 2.05) is 0 Å². The summed E-state index contributed by atoms with van der Waals surface area (Å²) in [5.74, 6) is -0.126. The summed E-state index contributed by atoms with van der Waals surface area (Å²) in [7, 11) is 0. The molecule has 72 valence electrons. The molecule has 2 fully saturated rings. The number of ether oxygens (including phenoxy) is 1. The van der Waals surface area contributed by atoms with Crippen molar-refractivity contribution in [2.75, 3.05) is 13.2 Å². The highest BCUT2D eigenvalue weighted by Crippen LogP contribution is 2.32. The smallest absolute Gasteiger partial charge is 0.235 e. The van der Waals surface area contributed by atoms with Crippen molar-refractivity contribution in [2.24, 2.45) is 5.41 Å². The Morgan fingerprint density at radius 2 is 2.15 bits per heavy atom. The van der Waals surface area contributed by atoms with Crippen LogP contribution in [-0.2, 0) is 14.3 Å². The molecule has 2 rings (SSSR count). The van der Waals surface area contributed by atoms with Gasteiger partial charge in [0.25, 0.3) is 0 Å². The van der Waals surface area contributed by atoms with Crippen molar-refractivity contribution >= 4 is 11.8 Å². The van der Waals surface area contributed by atoms with E-state index in [2.05, 4.69) is 0 Å². The first-order chi connectivity index (χ1) is 6.00. The van der Waals surface area contributed by atoms with Gasteiger partial charge in [0.05, 0.1) is 24.7 Å². The first-order valence-electron chi connectivity index (χ1n) is 4.47. The summed E-state index contributed by atoms with van der Waals surface area (Å²) in [5, 5.41) is 0. The van der Waals surface area contributed by atoms with Crippen molar-refractivity contribution in [1.82, 2.24) is 4.90 Å². The largest absolute Gasteiger partial charge is 0.371 e. The fourth-order valence-electron chi connectivity index (χ4n) is 1.59. The molecular weight excluding hydrogens is 170 g/mol. The molecule has 2 aliphatic heterocycles. The van der Waals surface area contributed by atoms with E-state index in [1.165, 1.54) is 4.90 Å². The van der Waals surface area contributed by atoms with E-state index >= 15 is 0 Å². The van der Waals surface area contributed by atoms with E-state index < -0.39 is 5.41 Å². The standard InChI is InChI=1S/C9H13NO3/c1-9(2)3-7(11)10(8(9)12)4-6-5-13-6/h6H,3-5H2,1-2H3/t6-/m1/s1. The summed E-state index contributed by atoms with van der Waals surface area (Å²) >= 11 is 0. The van der Waals surface area contributed by atoms with Crippen LogP contribution < -0.4 is 0 Å². The molecule has 4 heteroatoms. The number of carbonyl (C=O) groups excluding carboxylic acids is 2. The molecule has 1 atom stereocenters. The van der Waals surface area contributed by atoms with Crippen LogP contribution in [0.2, 0.25) is 0 Å². The van der Waals surface area contributed by atoms with Crippen LogP contribution in [0.4, 0.5) is 0 Å². The van der Waals surface area contributed by atoms with Crippen LogP contribution in [0.5, 0.6) is 0 Å². The van der Waals surface area contributed by atoms with E-state index in [1.54, 1.807) is 13.8 Å². The van der Waals surface area contributed by atoms with Crippen LogP contribution in [-0.4, -0.2) is 36.0 Å². The molecule has 0 unspecified atom stereocenters. The lowest BCUT2D eigenvalue weighted by Gasteiger charge is -2.16. The van der Waals surface area contributed by atoms with Crippen molar-refractivity contribution in [1.29, 1.82) is 0 Å². The molecule has 2 amide bonds. The number of rotatable bonds is 2. The number of nitrogens with zero attached hydrogens (tertiary/aromatic N) is 1. The number of epoxide rings is 1. The molecule has 0 aliphatic carbocycles. The van der Waals surface area contributed by atoms with Crippen molar-refractivity contribution in [3.05, 3.63) is 0 Å². The molecule has 0 bridgehead atoms. The molecule has 0 aromatic carbocycles. The highest BCUT2D eigenvalue weighted by Gasteiger charge is 2.46. The van der Waals surface area contributed by atoms with Crippen molar-refractivity contribution in [3.8, 4) is 0 Å². The molecule has 2 aliphatic rings. The van der Waals surface area contributed by atoms with E-state index in [0.717, 1.165) is 0 Å². The highest BCUT2D eigenvalue weighted by molar-refractivity contribution is 6.05. The zero-order valence-electron chi connectivity index (χ0n) is 7.87. The summed E-state index contributed by atoms with van der Waals surface area (Å²) in [4.78, 5) is 24.4. The Hall–Kier alpha value is -0.900. The number of hydrogen-bond acceptors (Lipinski definition) is 3. The van der Waals surface area contributed by atoms with Crippen molar-refractivity contribution in [3.63, 3.8) is 0 Å². The third kappa shape index (κ3) is 1.46. The first-order valence-corrected chi connectivity index (χ1v) is 4.47. The Kier molecular flexibility index (Phi) is 1.70. The maximum absolute atomic E-state index is 11.7. The predicted molar refractivity (Wildman–Crippen MR) is 44.9 cm³/mol. The van der Waals surface area contributed by atoms with Crippen LogP contribution >= 0.6 is 0 Å². The topological polar surface area (TPSA) is 49.9 Å². The van der Waals surface area contributed by atoms with Crippen LogP contribution in [0.25, 0.3) is 0 Å². The molecule has 0 aromatic heterocycles. The maximum atomic E-state index is 11.7. The third-order valence-corrected chi connectivity index (χ3v) is 2.51. The summed E-state index contributed by atoms with van der Waals surface area (Å²) in [5.41, 5.74) is -0.508. The van der Waals surface area contributed by atoms with Gasteiger partial charge in [-0.2, -0.15) is 0 Å². The van der Waals surface area contributed by atoms with E-state index in [4.69, 9.17) is 4.74 Å². The zero-order chi connectivity index (χ0) is 9.64. The lowest BCUT2D eigenvalue weighted by atomic mass is 9.92. The van der Waals surface area contributed by atoms with Gasteiger partial charge in [-0.3, -0.25) is 14.5 Å². The molecule has 4 nitrogen and oxygen atoms in total. The second-order valence-corrected chi connectivity index (χ2v) is 4.33. The van der Waals surface area contributed by atoms with Gasteiger partial charge in [-0.15, -0.1) is 0 Å². The number of imide groups is 1. The zero-order valence-corrected chi connectivity index (χ0v) is 7.87. The van der Waals surface area contributed by atoms with Crippen molar-refractivity contribution < 1.29 is 14.3 Å². The van der Waals surface area contributed by atoms with E-state index in [9.17, 15) is 9.59 Å². The minimum Gasteiger partial charge on any atom is -0.371 e. The molecule has 0 saturated carbocycles. The van der Waals surface area contributed by atoms with Gasteiger partial charge in [-0.05, 0) is 0 Å². The van der Waals surface area contributed by atoms with Crippen molar-refractivity contribution in [2.45, 2.75) is 26.4 Å². The lowest BCUT2D eigenvalue weighted by Crippen LogP contribution is -2.35. The molecule has 0 aromatic rings. The number of carbonyl (C=O) groups is 2. The maximum Gasteiger partial charge on any atom is 0.235 e. The number of hydrogen-bond donors (Lipinski definition) is 0. The van der Waals surface area contributed by atoms with Gasteiger partial charge in [-0.25, -0.2) is 0 Å². The molecule has 2 heterocycles. The minimum atomic E-state index is -0.508. The van der Waals surface area contributed by atoms with Gasteiger partial charge in [0.1, 0.15) is 0 Å². The Morgan fingerprint density at radius 3 is 2.54 bits per heavy atom. The van der Waals surface area contributed by atoms with Gasteiger partial charge in [0.15, 0.2) is 0 Å². The SMILES string of the molecule is CC1(C)CC(=O)N(C[C@@H]2CO2)C1=O. The average molecular weight is 183 g/mol. The lowest BCUT2D eigenvalue weighted by molar-refractivity contribution is -0.141. The molecule has 13 heavy (non-hydrogen) atoms. The Morgan fingerprint density at radius 1 is 1.54 bits per heavy atom. The quantitative estimate of drug-likeness (QED) is 0.453. The summed E-state index contributed by atoms with van der Waals surface area (Å²) in [6.45, 7) is 4.74. The summed E-state index contributed by atoms with van der Waals surface area (Å²) in [6, 6.07) is 0. The van der Waals surface area contributed by atoms with Gasteiger partial charge in [0.2, 0.25) is 11.8 Å². The Labute approximate surface area is 76.8 Å².